The Morgan fingerprint density at radius 3 is 1.91 bits per heavy atom. The number of carbonyl (C=O) groups excluding carboxylic acids is 1. The smallest absolute Gasteiger partial charge is 0.311 e. The van der Waals surface area contributed by atoms with Gasteiger partial charge in [0.05, 0.1) is 19.0 Å². The number of unbranched alkanes of at least 4 members (excludes halogenated alkanes) is 10. The third-order valence-corrected chi connectivity index (χ3v) is 5.47. The lowest BCUT2D eigenvalue weighted by Crippen LogP contribution is -2.08. The van der Waals surface area contributed by atoms with E-state index in [1.165, 1.54) is 51.4 Å². The van der Waals surface area contributed by atoms with Crippen LogP contribution in [-0.4, -0.2) is 22.5 Å². The zero-order valence-corrected chi connectivity index (χ0v) is 20.0. The second-order valence-electron chi connectivity index (χ2n) is 8.37. The fraction of sp³-hybridized carbons (Fsp3) is 0.593. The molecule has 0 amide bonds. The molecule has 0 aliphatic heterocycles. The van der Waals surface area contributed by atoms with E-state index < -0.39 is 0 Å². The number of nitrogens with zero attached hydrogens (tertiary/aromatic N) is 2. The monoisotopic (exact) mass is 440 g/mol. The highest BCUT2D eigenvalue weighted by Gasteiger charge is 2.07. The number of rotatable bonds is 17. The van der Waals surface area contributed by atoms with Gasteiger partial charge in [-0.25, -0.2) is 9.97 Å². The van der Waals surface area contributed by atoms with Gasteiger partial charge in [-0.2, -0.15) is 0 Å². The lowest BCUT2D eigenvalue weighted by molar-refractivity contribution is -0.134. The van der Waals surface area contributed by atoms with Gasteiger partial charge in [-0.05, 0) is 37.1 Å². The van der Waals surface area contributed by atoms with Crippen molar-refractivity contribution in [3.8, 4) is 22.9 Å². The Kier molecular flexibility index (Phi) is 13.1. The van der Waals surface area contributed by atoms with Gasteiger partial charge in [-0.15, -0.1) is 0 Å². The Balaban J connectivity index is 1.65. The summed E-state index contributed by atoms with van der Waals surface area (Å²) in [5, 5.41) is 0. The molecule has 5 nitrogen and oxygen atoms in total. The molecule has 1 aromatic heterocycles. The van der Waals surface area contributed by atoms with E-state index in [9.17, 15) is 4.79 Å². The molecule has 0 aliphatic carbocycles. The number of hydrogen-bond donors (Lipinski definition) is 0. The molecule has 0 aliphatic rings. The average Bonchev–Trinajstić information content (AvgIpc) is 2.81. The van der Waals surface area contributed by atoms with Crippen LogP contribution in [-0.2, 0) is 4.79 Å². The lowest BCUT2D eigenvalue weighted by atomic mass is 10.1. The van der Waals surface area contributed by atoms with Gasteiger partial charge >= 0.3 is 5.97 Å². The predicted octanol–water partition coefficient (Wildman–Crippen LogP) is 7.54. The summed E-state index contributed by atoms with van der Waals surface area (Å²) < 4.78 is 11.1. The van der Waals surface area contributed by atoms with E-state index in [0.29, 0.717) is 18.0 Å². The van der Waals surface area contributed by atoms with Crippen molar-refractivity contribution in [1.29, 1.82) is 0 Å². The van der Waals surface area contributed by atoms with Gasteiger partial charge in [0, 0.05) is 12.0 Å². The van der Waals surface area contributed by atoms with Crippen LogP contribution in [0.4, 0.5) is 0 Å². The summed E-state index contributed by atoms with van der Waals surface area (Å²) in [6.07, 6.45) is 18.3. The molecule has 0 saturated heterocycles. The van der Waals surface area contributed by atoms with Crippen LogP contribution in [0, 0.1) is 0 Å². The van der Waals surface area contributed by atoms with Crippen molar-refractivity contribution in [2.24, 2.45) is 0 Å². The minimum Gasteiger partial charge on any atom is -0.494 e. The van der Waals surface area contributed by atoms with E-state index in [4.69, 9.17) is 9.47 Å². The van der Waals surface area contributed by atoms with Crippen molar-refractivity contribution >= 4 is 5.97 Å². The summed E-state index contributed by atoms with van der Waals surface area (Å²) >= 11 is 0. The number of benzene rings is 1. The zero-order valence-electron chi connectivity index (χ0n) is 20.0. The number of hydrogen-bond acceptors (Lipinski definition) is 5. The minimum atomic E-state index is -0.233. The largest absolute Gasteiger partial charge is 0.494 e. The summed E-state index contributed by atoms with van der Waals surface area (Å²) in [6, 6.07) is 7.82. The van der Waals surface area contributed by atoms with Crippen LogP contribution < -0.4 is 9.47 Å². The molecule has 0 radical (unpaired) electrons. The Morgan fingerprint density at radius 1 is 0.719 bits per heavy atom. The quantitative estimate of drug-likeness (QED) is 0.188. The van der Waals surface area contributed by atoms with Gasteiger partial charge < -0.3 is 9.47 Å². The summed E-state index contributed by atoms with van der Waals surface area (Å²) in [6.45, 7) is 5.12. The molecule has 176 valence electrons. The highest BCUT2D eigenvalue weighted by molar-refractivity contribution is 5.72. The molecule has 0 spiro atoms. The maximum atomic E-state index is 11.8. The minimum absolute atomic E-state index is 0.233. The zero-order chi connectivity index (χ0) is 22.9. The molecular weight excluding hydrogens is 400 g/mol. The van der Waals surface area contributed by atoms with Crippen LogP contribution >= 0.6 is 0 Å². The standard InChI is InChI=1S/C27H40N2O3/c1-3-5-7-8-9-10-11-12-14-20-31-24-18-16-23(17-19-24)27-28-21-25(22-29-27)32-26(30)15-13-6-4-2/h16-19,21-22H,3-15,20H2,1-2H3. The molecule has 1 aromatic carbocycles. The Labute approximate surface area is 194 Å². The van der Waals surface area contributed by atoms with Crippen molar-refractivity contribution in [2.45, 2.75) is 97.3 Å². The highest BCUT2D eigenvalue weighted by Crippen LogP contribution is 2.21. The molecule has 2 rings (SSSR count). The molecule has 5 heteroatoms. The topological polar surface area (TPSA) is 61.3 Å². The van der Waals surface area contributed by atoms with Crippen molar-refractivity contribution in [3.63, 3.8) is 0 Å². The molecule has 0 saturated carbocycles. The van der Waals surface area contributed by atoms with Crippen molar-refractivity contribution in [3.05, 3.63) is 36.7 Å². The van der Waals surface area contributed by atoms with Crippen LogP contribution in [0.3, 0.4) is 0 Å². The van der Waals surface area contributed by atoms with E-state index in [-0.39, 0.29) is 5.97 Å². The van der Waals surface area contributed by atoms with Gasteiger partial charge in [0.25, 0.3) is 0 Å². The fourth-order valence-electron chi connectivity index (χ4n) is 3.52. The predicted molar refractivity (Wildman–Crippen MR) is 130 cm³/mol. The van der Waals surface area contributed by atoms with Gasteiger partial charge in [0.2, 0.25) is 0 Å². The summed E-state index contributed by atoms with van der Waals surface area (Å²) in [4.78, 5) is 20.4. The van der Waals surface area contributed by atoms with E-state index in [1.807, 2.05) is 24.3 Å². The summed E-state index contributed by atoms with van der Waals surface area (Å²) in [7, 11) is 0. The second-order valence-corrected chi connectivity index (χ2v) is 8.37. The third-order valence-electron chi connectivity index (χ3n) is 5.47. The lowest BCUT2D eigenvalue weighted by Gasteiger charge is -2.08. The second kappa shape index (κ2) is 16.2. The average molecular weight is 441 g/mol. The SMILES string of the molecule is CCCCCCCCCCCOc1ccc(-c2ncc(OC(=O)CCCCC)cn2)cc1. The first kappa shape index (κ1) is 25.8. The Hall–Kier alpha value is -2.43. The van der Waals surface area contributed by atoms with Crippen LogP contribution in [0.5, 0.6) is 11.5 Å². The molecule has 0 N–H and O–H groups in total. The van der Waals surface area contributed by atoms with Crippen LogP contribution in [0.25, 0.3) is 11.4 Å². The molecule has 0 bridgehead atoms. The molecule has 0 atom stereocenters. The van der Waals surface area contributed by atoms with Gasteiger partial charge in [-0.1, -0.05) is 78.1 Å². The van der Waals surface area contributed by atoms with Crippen molar-refractivity contribution in [2.75, 3.05) is 6.61 Å². The first-order valence-corrected chi connectivity index (χ1v) is 12.5. The third kappa shape index (κ3) is 10.7. The number of esters is 1. The Bertz CT molecular complexity index is 745. The molecule has 1 heterocycles. The number of ether oxygens (including phenoxy) is 2. The van der Waals surface area contributed by atoms with E-state index in [0.717, 1.165) is 43.6 Å². The van der Waals surface area contributed by atoms with Crippen LogP contribution in [0.1, 0.15) is 97.3 Å². The molecule has 0 unspecified atom stereocenters. The van der Waals surface area contributed by atoms with Crippen molar-refractivity contribution in [1.82, 2.24) is 9.97 Å². The highest BCUT2D eigenvalue weighted by atomic mass is 16.5. The van der Waals surface area contributed by atoms with E-state index in [1.54, 1.807) is 12.4 Å². The van der Waals surface area contributed by atoms with Crippen molar-refractivity contribution < 1.29 is 14.3 Å². The summed E-state index contributed by atoms with van der Waals surface area (Å²) in [5.41, 5.74) is 0.904. The first-order valence-electron chi connectivity index (χ1n) is 12.5. The van der Waals surface area contributed by atoms with Crippen LogP contribution in [0.2, 0.25) is 0 Å². The molecular formula is C27H40N2O3. The first-order chi connectivity index (χ1) is 15.7. The number of carbonyl (C=O) groups is 1. The van der Waals surface area contributed by atoms with E-state index >= 15 is 0 Å². The fourth-order valence-corrected chi connectivity index (χ4v) is 3.52. The maximum Gasteiger partial charge on any atom is 0.311 e. The van der Waals surface area contributed by atoms with E-state index in [2.05, 4.69) is 23.8 Å². The van der Waals surface area contributed by atoms with Crippen LogP contribution in [0.15, 0.2) is 36.7 Å². The molecule has 0 fully saturated rings. The van der Waals surface area contributed by atoms with Gasteiger partial charge in [0.1, 0.15) is 5.75 Å². The van der Waals surface area contributed by atoms with Gasteiger partial charge in [-0.3, -0.25) is 4.79 Å². The summed E-state index contributed by atoms with van der Waals surface area (Å²) in [5.74, 6) is 1.62. The molecule has 32 heavy (non-hydrogen) atoms. The normalized spacial score (nSPS) is 10.8. The number of aromatic nitrogens is 2. The van der Waals surface area contributed by atoms with Gasteiger partial charge in [0.15, 0.2) is 11.6 Å². The Morgan fingerprint density at radius 2 is 1.28 bits per heavy atom. The maximum absolute atomic E-state index is 11.8. The molecule has 2 aromatic rings.